The fourth-order valence-corrected chi connectivity index (χ4v) is 7.98. The van der Waals surface area contributed by atoms with E-state index in [9.17, 15) is 29.8 Å². The van der Waals surface area contributed by atoms with Crippen LogP contribution in [0.2, 0.25) is 0 Å². The van der Waals surface area contributed by atoms with Crippen molar-refractivity contribution < 1.29 is 24.2 Å². The smallest absolute Gasteiger partial charge is 0.338 e. The third-order valence-corrected chi connectivity index (χ3v) is 9.85. The van der Waals surface area contributed by atoms with E-state index in [2.05, 4.69) is 26.0 Å². The van der Waals surface area contributed by atoms with Gasteiger partial charge in [-0.1, -0.05) is 31.6 Å². The summed E-state index contributed by atoms with van der Waals surface area (Å²) in [7, 11) is 0. The Hall–Kier alpha value is -3.36. The molecule has 0 aliphatic heterocycles. The summed E-state index contributed by atoms with van der Waals surface area (Å²) >= 11 is 0. The van der Waals surface area contributed by atoms with E-state index in [1.54, 1.807) is 6.92 Å². The summed E-state index contributed by atoms with van der Waals surface area (Å²) in [6.07, 6.45) is 10.2. The van der Waals surface area contributed by atoms with Crippen molar-refractivity contribution in [3.63, 3.8) is 0 Å². The normalized spacial score (nSPS) is 34.2. The number of benzene rings is 1. The number of nitro groups is 2. The molecule has 0 bridgehead atoms. The Labute approximate surface area is 215 Å². The zero-order chi connectivity index (χ0) is 26.7. The van der Waals surface area contributed by atoms with Gasteiger partial charge in [-0.2, -0.15) is 0 Å². The van der Waals surface area contributed by atoms with Crippen molar-refractivity contribution in [1.29, 1.82) is 0 Å². The minimum absolute atomic E-state index is 0.0104. The molecule has 0 spiro atoms. The Morgan fingerprint density at radius 1 is 0.919 bits per heavy atom. The van der Waals surface area contributed by atoms with E-state index in [4.69, 9.17) is 4.74 Å². The average molecular weight is 509 g/mol. The molecule has 0 aromatic heterocycles. The number of hydrogen-bond acceptors (Lipinski definition) is 7. The van der Waals surface area contributed by atoms with Gasteiger partial charge in [0.1, 0.15) is 6.10 Å². The van der Waals surface area contributed by atoms with Crippen LogP contribution in [0.25, 0.3) is 0 Å². The van der Waals surface area contributed by atoms with Gasteiger partial charge in [-0.15, -0.1) is 0 Å². The first-order chi connectivity index (χ1) is 17.4. The highest BCUT2D eigenvalue weighted by Crippen LogP contribution is 2.65. The number of esters is 1. The first-order valence-corrected chi connectivity index (χ1v) is 13.0. The number of carbonyl (C=O) groups excluding carboxylic acids is 2. The number of allylic oxidation sites excluding steroid dienone is 3. The Morgan fingerprint density at radius 3 is 2.19 bits per heavy atom. The SMILES string of the molecule is CC(=O)C1=CC[C@H]2[C@@H]3CC=C4C[C@@H](OC(=O)c5cc([N+](=O)[O-])cc([N+](=O)[O-])c5)CC[C@]4(C)[C@H]3CC[C@]12C. The number of nitro benzene ring substituents is 2. The van der Waals surface area contributed by atoms with Crippen molar-refractivity contribution in [3.8, 4) is 0 Å². The quantitative estimate of drug-likeness (QED) is 0.203. The van der Waals surface area contributed by atoms with Crippen molar-refractivity contribution in [3.05, 3.63) is 67.3 Å². The minimum atomic E-state index is -0.781. The molecule has 0 amide bonds. The fourth-order valence-electron chi connectivity index (χ4n) is 7.98. The first-order valence-electron chi connectivity index (χ1n) is 13.0. The van der Waals surface area contributed by atoms with E-state index >= 15 is 0 Å². The summed E-state index contributed by atoms with van der Waals surface area (Å²) in [4.78, 5) is 46.0. The standard InChI is InChI=1S/C28H32N2O7/c1-16(31)23-6-7-24-22-5-4-18-14-21(8-10-27(18,2)25(22)9-11-28(23,24)3)37-26(32)17-12-19(29(33)34)15-20(13-17)30(35)36/h4,6,12-13,15,21-22,24-25H,5,7-11,14H2,1-3H3/t21-,22-,24-,25-,27-,28+/m0/s1. The number of rotatable bonds is 5. The minimum Gasteiger partial charge on any atom is -0.458 e. The lowest BCUT2D eigenvalue weighted by Crippen LogP contribution is -2.50. The van der Waals surface area contributed by atoms with Crippen LogP contribution in [0.3, 0.4) is 0 Å². The van der Waals surface area contributed by atoms with Gasteiger partial charge in [-0.25, -0.2) is 4.79 Å². The molecule has 0 radical (unpaired) electrons. The second-order valence-corrected chi connectivity index (χ2v) is 11.6. The Kier molecular flexibility index (Phi) is 6.08. The molecule has 4 aliphatic carbocycles. The van der Waals surface area contributed by atoms with E-state index in [0.717, 1.165) is 55.9 Å². The molecule has 1 aromatic carbocycles. The second kappa shape index (κ2) is 8.89. The maximum Gasteiger partial charge on any atom is 0.338 e. The number of fused-ring (bicyclic) bond motifs is 5. The molecule has 0 saturated heterocycles. The van der Waals surface area contributed by atoms with E-state index in [0.29, 0.717) is 30.6 Å². The summed E-state index contributed by atoms with van der Waals surface area (Å²) in [5.41, 5.74) is 1.05. The lowest BCUT2D eigenvalue weighted by atomic mass is 9.47. The van der Waals surface area contributed by atoms with Gasteiger partial charge in [-0.3, -0.25) is 25.0 Å². The van der Waals surface area contributed by atoms with Crippen molar-refractivity contribution in [2.75, 3.05) is 0 Å². The highest BCUT2D eigenvalue weighted by Gasteiger charge is 2.57. The van der Waals surface area contributed by atoms with Crippen LogP contribution in [-0.4, -0.2) is 27.7 Å². The summed E-state index contributed by atoms with van der Waals surface area (Å²) in [5, 5.41) is 22.4. The van der Waals surface area contributed by atoms with Gasteiger partial charge in [0.2, 0.25) is 0 Å². The van der Waals surface area contributed by atoms with Crippen LogP contribution in [0, 0.1) is 48.8 Å². The number of ketones is 1. The number of hydrogen-bond donors (Lipinski definition) is 0. The maximum atomic E-state index is 12.9. The van der Waals surface area contributed by atoms with Crippen LogP contribution in [0.15, 0.2) is 41.5 Å². The van der Waals surface area contributed by atoms with Crippen LogP contribution in [-0.2, 0) is 9.53 Å². The van der Waals surface area contributed by atoms with Crippen LogP contribution < -0.4 is 0 Å². The maximum absolute atomic E-state index is 12.9. The molecule has 9 heteroatoms. The van der Waals surface area contributed by atoms with Crippen LogP contribution in [0.4, 0.5) is 11.4 Å². The Bertz CT molecular complexity index is 1230. The molecule has 1 aromatic rings. The number of Topliss-reactive ketones (excluding diaryl/α,β-unsaturated/α-hetero) is 1. The van der Waals surface area contributed by atoms with Gasteiger partial charge in [0, 0.05) is 18.6 Å². The third-order valence-electron chi connectivity index (χ3n) is 9.85. The largest absolute Gasteiger partial charge is 0.458 e. The molecule has 6 atom stereocenters. The van der Waals surface area contributed by atoms with E-state index in [-0.39, 0.29) is 28.3 Å². The number of nitrogens with zero attached hydrogens (tertiary/aromatic N) is 2. The van der Waals surface area contributed by atoms with Gasteiger partial charge in [-0.05, 0) is 79.6 Å². The topological polar surface area (TPSA) is 130 Å². The highest BCUT2D eigenvalue weighted by atomic mass is 16.6. The molecule has 9 nitrogen and oxygen atoms in total. The molecule has 0 heterocycles. The van der Waals surface area contributed by atoms with E-state index in [1.165, 1.54) is 5.57 Å². The summed E-state index contributed by atoms with van der Waals surface area (Å²) < 4.78 is 5.73. The van der Waals surface area contributed by atoms with Gasteiger partial charge in [0.15, 0.2) is 5.78 Å². The summed E-state index contributed by atoms with van der Waals surface area (Å²) in [6.45, 7) is 6.28. The molecule has 5 rings (SSSR count). The second-order valence-electron chi connectivity index (χ2n) is 11.6. The Morgan fingerprint density at radius 2 is 1.57 bits per heavy atom. The van der Waals surface area contributed by atoms with Gasteiger partial charge >= 0.3 is 5.97 Å². The molecule has 37 heavy (non-hydrogen) atoms. The lowest BCUT2D eigenvalue weighted by molar-refractivity contribution is -0.394. The van der Waals surface area contributed by atoms with Crippen LogP contribution in [0.1, 0.15) is 76.1 Å². The van der Waals surface area contributed by atoms with Gasteiger partial charge in [0.25, 0.3) is 11.4 Å². The number of ether oxygens (including phenoxy) is 1. The van der Waals surface area contributed by atoms with Crippen molar-refractivity contribution in [1.82, 2.24) is 0 Å². The fraction of sp³-hybridized carbons (Fsp3) is 0.571. The molecular weight excluding hydrogens is 476 g/mol. The van der Waals surface area contributed by atoms with Crippen molar-refractivity contribution >= 4 is 23.1 Å². The molecular formula is C28H32N2O7. The predicted octanol–water partition coefficient (Wildman–Crippen LogP) is 6.12. The van der Waals surface area contributed by atoms with Crippen LogP contribution in [0.5, 0.6) is 0 Å². The first kappa shape index (κ1) is 25.3. The summed E-state index contributed by atoms with van der Waals surface area (Å²) in [6, 6.07) is 2.88. The van der Waals surface area contributed by atoms with Crippen molar-refractivity contribution in [2.45, 2.75) is 71.8 Å². The lowest BCUT2D eigenvalue weighted by Gasteiger charge is -2.57. The van der Waals surface area contributed by atoms with Crippen molar-refractivity contribution in [2.24, 2.45) is 28.6 Å². The molecule has 196 valence electrons. The predicted molar refractivity (Wildman–Crippen MR) is 135 cm³/mol. The molecule has 2 fully saturated rings. The van der Waals surface area contributed by atoms with Gasteiger partial charge in [0.05, 0.1) is 21.5 Å². The van der Waals surface area contributed by atoms with E-state index in [1.807, 2.05) is 0 Å². The summed E-state index contributed by atoms with van der Waals surface area (Å²) in [5.74, 6) is 0.918. The number of non-ortho nitro benzene ring substituents is 2. The zero-order valence-corrected chi connectivity index (χ0v) is 21.4. The third kappa shape index (κ3) is 4.08. The zero-order valence-electron chi connectivity index (χ0n) is 21.4. The molecule has 2 saturated carbocycles. The Balaban J connectivity index is 1.32. The average Bonchev–Trinajstić information content (AvgIpc) is 3.21. The van der Waals surface area contributed by atoms with Gasteiger partial charge < -0.3 is 4.74 Å². The monoisotopic (exact) mass is 508 g/mol. The molecule has 0 N–H and O–H groups in total. The number of carbonyl (C=O) groups is 2. The molecule has 0 unspecified atom stereocenters. The van der Waals surface area contributed by atoms with Crippen LogP contribution >= 0.6 is 0 Å². The van der Waals surface area contributed by atoms with E-state index < -0.39 is 27.2 Å². The highest BCUT2D eigenvalue weighted by molar-refractivity contribution is 5.95. The molecule has 4 aliphatic rings.